The van der Waals surface area contributed by atoms with Crippen LogP contribution in [-0.4, -0.2) is 41.9 Å². The van der Waals surface area contributed by atoms with Crippen LogP contribution in [0.5, 0.6) is 11.5 Å². The number of carbonyl (C=O) groups is 1. The number of hydrogen-bond acceptors (Lipinski definition) is 4. The summed E-state index contributed by atoms with van der Waals surface area (Å²) < 4.78 is 12.6. The van der Waals surface area contributed by atoms with Gasteiger partial charge in [0.15, 0.2) is 11.5 Å². The van der Waals surface area contributed by atoms with Crippen LogP contribution in [-0.2, 0) is 26.2 Å². The van der Waals surface area contributed by atoms with Gasteiger partial charge in [0.2, 0.25) is 0 Å². The molecule has 0 radical (unpaired) electrons. The second-order valence-electron chi connectivity index (χ2n) is 12.1. The molecule has 0 saturated carbocycles. The van der Waals surface area contributed by atoms with E-state index in [2.05, 4.69) is 68.1 Å². The number of hydrogen-bond donors (Lipinski definition) is 0. The van der Waals surface area contributed by atoms with Gasteiger partial charge in [0.1, 0.15) is 13.2 Å². The number of nitrogens with zero attached hydrogens (tertiary/aromatic N) is 2. The average molecular weight is 621 g/mol. The zero-order valence-electron chi connectivity index (χ0n) is 28.1. The van der Waals surface area contributed by atoms with Gasteiger partial charge in [-0.3, -0.25) is 4.79 Å². The molecule has 0 N–H and O–H groups in total. The van der Waals surface area contributed by atoms with Crippen molar-refractivity contribution in [2.45, 2.75) is 79.1 Å². The van der Waals surface area contributed by atoms with Crippen molar-refractivity contribution in [3.8, 4) is 11.5 Å². The summed E-state index contributed by atoms with van der Waals surface area (Å²) in [5, 5.41) is 0. The molecule has 46 heavy (non-hydrogen) atoms. The summed E-state index contributed by atoms with van der Waals surface area (Å²) in [5.41, 5.74) is 5.20. The summed E-state index contributed by atoms with van der Waals surface area (Å²) in [4.78, 5) is 18.6. The summed E-state index contributed by atoms with van der Waals surface area (Å²) in [5.74, 6) is 1.43. The molecule has 0 aliphatic heterocycles. The lowest BCUT2D eigenvalue weighted by Crippen LogP contribution is -2.39. The Kier molecular flexibility index (Phi) is 14.7. The third-order valence-electron chi connectivity index (χ3n) is 8.22. The molecule has 0 aliphatic carbocycles. The van der Waals surface area contributed by atoms with Crippen molar-refractivity contribution in [3.05, 3.63) is 131 Å². The maximum absolute atomic E-state index is 14.0. The summed E-state index contributed by atoms with van der Waals surface area (Å²) in [6.07, 6.45) is 6.78. The largest absolute Gasteiger partial charge is 0.485 e. The molecular formula is C41H52N2O3. The zero-order valence-corrected chi connectivity index (χ0v) is 28.1. The second-order valence-corrected chi connectivity index (χ2v) is 12.1. The van der Waals surface area contributed by atoms with Gasteiger partial charge in [-0.25, -0.2) is 0 Å². The third kappa shape index (κ3) is 11.4. The average Bonchev–Trinajstić information content (AvgIpc) is 3.10. The van der Waals surface area contributed by atoms with Gasteiger partial charge in [0, 0.05) is 25.2 Å². The number of amides is 1. The lowest BCUT2D eigenvalue weighted by atomic mass is 10.1. The molecule has 5 nitrogen and oxygen atoms in total. The van der Waals surface area contributed by atoms with Crippen molar-refractivity contribution in [1.82, 2.24) is 9.80 Å². The van der Waals surface area contributed by atoms with E-state index in [0.29, 0.717) is 37.8 Å². The molecule has 1 amide bonds. The van der Waals surface area contributed by atoms with Crippen molar-refractivity contribution in [2.75, 3.05) is 26.2 Å². The van der Waals surface area contributed by atoms with Crippen LogP contribution in [0.4, 0.5) is 0 Å². The highest BCUT2D eigenvalue weighted by Gasteiger charge is 2.19. The predicted octanol–water partition coefficient (Wildman–Crippen LogP) is 9.34. The Labute approximate surface area is 277 Å². The van der Waals surface area contributed by atoms with E-state index in [1.54, 1.807) is 0 Å². The van der Waals surface area contributed by atoms with E-state index < -0.39 is 0 Å². The summed E-state index contributed by atoms with van der Waals surface area (Å²) in [7, 11) is 0. The van der Waals surface area contributed by atoms with Crippen LogP contribution >= 0.6 is 0 Å². The van der Waals surface area contributed by atoms with Crippen LogP contribution in [0.2, 0.25) is 0 Å². The van der Waals surface area contributed by atoms with E-state index in [-0.39, 0.29) is 5.91 Å². The Morgan fingerprint density at radius 3 is 1.70 bits per heavy atom. The van der Waals surface area contributed by atoms with Crippen LogP contribution < -0.4 is 9.47 Å². The second kappa shape index (κ2) is 19.4. The van der Waals surface area contributed by atoms with Crippen molar-refractivity contribution in [3.63, 3.8) is 0 Å². The van der Waals surface area contributed by atoms with Gasteiger partial charge >= 0.3 is 0 Å². The highest BCUT2D eigenvalue weighted by Crippen LogP contribution is 2.31. The molecule has 244 valence electrons. The molecule has 0 aromatic heterocycles. The number of carbonyl (C=O) groups excluding carboxylic acids is 1. The van der Waals surface area contributed by atoms with Crippen LogP contribution in [0, 0.1) is 0 Å². The number of benzene rings is 4. The topological polar surface area (TPSA) is 42.0 Å². The minimum atomic E-state index is 0.0603. The molecule has 0 spiro atoms. The number of rotatable bonds is 20. The summed E-state index contributed by atoms with van der Waals surface area (Å²) in [6, 6.07) is 34.6. The van der Waals surface area contributed by atoms with Gasteiger partial charge in [0.05, 0.1) is 0 Å². The first-order chi connectivity index (χ1) is 22.6. The SMILES string of the molecule is CCCCN(CCCC)CCN(Cc1ccc(OCc2ccccc2)c(OCc2ccccc2)c1)C(=O)c1ccc(CCC)cc1. The Bertz CT molecular complexity index is 1420. The number of aryl methyl sites for hydroxylation is 1. The lowest BCUT2D eigenvalue weighted by Gasteiger charge is -2.28. The van der Waals surface area contributed by atoms with E-state index in [4.69, 9.17) is 9.47 Å². The zero-order chi connectivity index (χ0) is 32.4. The minimum absolute atomic E-state index is 0.0603. The minimum Gasteiger partial charge on any atom is -0.485 e. The maximum Gasteiger partial charge on any atom is 0.254 e. The highest BCUT2D eigenvalue weighted by molar-refractivity contribution is 5.94. The Balaban J connectivity index is 1.57. The normalized spacial score (nSPS) is 11.0. The van der Waals surface area contributed by atoms with Crippen LogP contribution in [0.1, 0.15) is 85.5 Å². The summed E-state index contributed by atoms with van der Waals surface area (Å²) in [6.45, 7) is 11.7. The fourth-order valence-electron chi connectivity index (χ4n) is 5.47. The summed E-state index contributed by atoms with van der Waals surface area (Å²) >= 11 is 0. The molecule has 5 heteroatoms. The van der Waals surface area contributed by atoms with E-state index in [1.807, 2.05) is 65.6 Å². The van der Waals surface area contributed by atoms with Crippen molar-refractivity contribution in [2.24, 2.45) is 0 Å². The lowest BCUT2D eigenvalue weighted by molar-refractivity contribution is 0.0720. The van der Waals surface area contributed by atoms with E-state index >= 15 is 0 Å². The van der Waals surface area contributed by atoms with E-state index in [1.165, 1.54) is 31.2 Å². The molecule has 0 unspecified atom stereocenters. The van der Waals surface area contributed by atoms with E-state index in [0.717, 1.165) is 54.7 Å². The van der Waals surface area contributed by atoms with Gasteiger partial charge in [-0.05, 0) is 78.9 Å². The van der Waals surface area contributed by atoms with Crippen LogP contribution in [0.25, 0.3) is 0 Å². The van der Waals surface area contributed by atoms with Crippen molar-refractivity contribution < 1.29 is 14.3 Å². The molecule has 4 rings (SSSR count). The number of ether oxygens (including phenoxy) is 2. The van der Waals surface area contributed by atoms with Crippen molar-refractivity contribution in [1.29, 1.82) is 0 Å². The van der Waals surface area contributed by atoms with Crippen LogP contribution in [0.15, 0.2) is 103 Å². The van der Waals surface area contributed by atoms with Gasteiger partial charge in [-0.15, -0.1) is 0 Å². The predicted molar refractivity (Wildman–Crippen MR) is 189 cm³/mol. The van der Waals surface area contributed by atoms with Gasteiger partial charge in [-0.1, -0.05) is 119 Å². The van der Waals surface area contributed by atoms with Gasteiger partial charge in [0.25, 0.3) is 5.91 Å². The first kappa shape index (κ1) is 34.8. The van der Waals surface area contributed by atoms with Crippen molar-refractivity contribution >= 4 is 5.91 Å². The standard InChI is InChI=1S/C41H52N2O3/c1-4-7-26-42(27-8-5-2)28-29-43(41(44)38-23-20-34(15-6-3)21-24-38)31-37-22-25-39(45-32-35-16-11-9-12-17-35)40(30-37)46-33-36-18-13-10-14-19-36/h9-14,16-25,30H,4-8,15,26-29,31-33H2,1-3H3. The Morgan fingerprint density at radius 2 is 1.13 bits per heavy atom. The molecule has 0 aliphatic rings. The number of unbranched alkanes of at least 4 members (excludes halogenated alkanes) is 2. The Hall–Kier alpha value is -4.09. The third-order valence-corrected chi connectivity index (χ3v) is 8.22. The smallest absolute Gasteiger partial charge is 0.254 e. The molecule has 0 heterocycles. The molecule has 0 fully saturated rings. The van der Waals surface area contributed by atoms with Crippen LogP contribution in [0.3, 0.4) is 0 Å². The first-order valence-corrected chi connectivity index (χ1v) is 17.2. The molecule has 4 aromatic carbocycles. The van der Waals surface area contributed by atoms with Gasteiger partial charge in [-0.2, -0.15) is 0 Å². The van der Waals surface area contributed by atoms with E-state index in [9.17, 15) is 4.79 Å². The molecule has 0 atom stereocenters. The van der Waals surface area contributed by atoms with Gasteiger partial charge < -0.3 is 19.3 Å². The molecule has 4 aromatic rings. The highest BCUT2D eigenvalue weighted by atomic mass is 16.5. The molecule has 0 bridgehead atoms. The fourth-order valence-corrected chi connectivity index (χ4v) is 5.47. The monoisotopic (exact) mass is 620 g/mol. The maximum atomic E-state index is 14.0. The first-order valence-electron chi connectivity index (χ1n) is 17.2. The molecular weight excluding hydrogens is 568 g/mol. The fraction of sp³-hybridized carbons (Fsp3) is 0.390. The molecule has 0 saturated heterocycles. The Morgan fingerprint density at radius 1 is 0.565 bits per heavy atom. The quantitative estimate of drug-likeness (QED) is 0.0987.